The second-order valence-corrected chi connectivity index (χ2v) is 6.02. The lowest BCUT2D eigenvalue weighted by atomic mass is 10.2. The number of ether oxygens (including phenoxy) is 1. The molecular formula is C17H23N7O. The molecule has 1 fully saturated rings. The molecule has 1 aliphatic heterocycles. The average Bonchev–Trinajstić information content (AvgIpc) is 3.14. The van der Waals surface area contributed by atoms with E-state index in [1.807, 2.05) is 16.8 Å². The lowest BCUT2D eigenvalue weighted by Gasteiger charge is -2.35. The molecule has 2 aromatic heterocycles. The fraction of sp³-hybridized carbons (Fsp3) is 0.529. The van der Waals surface area contributed by atoms with Gasteiger partial charge in [-0.05, 0) is 19.1 Å². The molecule has 3 rings (SSSR count). The first-order valence-electron chi connectivity index (χ1n) is 8.57. The summed E-state index contributed by atoms with van der Waals surface area (Å²) in [5.41, 5.74) is 0.599. The lowest BCUT2D eigenvalue weighted by Crippen LogP contribution is -2.48. The summed E-state index contributed by atoms with van der Waals surface area (Å²) in [5, 5.41) is 21.2. The van der Waals surface area contributed by atoms with Crippen molar-refractivity contribution in [1.29, 1.82) is 5.26 Å². The Morgan fingerprint density at radius 3 is 3.08 bits per heavy atom. The molecule has 132 valence electrons. The smallest absolute Gasteiger partial charge is 0.151 e. The highest BCUT2D eigenvalue weighted by Gasteiger charge is 2.23. The van der Waals surface area contributed by atoms with Gasteiger partial charge in [-0.1, -0.05) is 0 Å². The van der Waals surface area contributed by atoms with E-state index < -0.39 is 0 Å². The zero-order chi connectivity index (χ0) is 17.5. The van der Waals surface area contributed by atoms with Gasteiger partial charge in [0.2, 0.25) is 0 Å². The summed E-state index contributed by atoms with van der Waals surface area (Å²) in [7, 11) is 0. The molecule has 0 amide bonds. The van der Waals surface area contributed by atoms with Crippen LogP contribution < -0.4 is 4.90 Å². The van der Waals surface area contributed by atoms with Crippen LogP contribution >= 0.6 is 0 Å². The Morgan fingerprint density at radius 1 is 1.44 bits per heavy atom. The third-order valence-electron chi connectivity index (χ3n) is 4.32. The van der Waals surface area contributed by atoms with Crippen molar-refractivity contribution in [3.05, 3.63) is 36.3 Å². The fourth-order valence-corrected chi connectivity index (χ4v) is 2.97. The van der Waals surface area contributed by atoms with E-state index in [2.05, 4.69) is 38.1 Å². The van der Waals surface area contributed by atoms with Crippen LogP contribution in [0.25, 0.3) is 0 Å². The van der Waals surface area contributed by atoms with Crippen molar-refractivity contribution in [2.75, 3.05) is 44.2 Å². The minimum absolute atomic E-state index is 0.142. The van der Waals surface area contributed by atoms with Crippen LogP contribution in [-0.4, -0.2) is 70.3 Å². The number of morpholine rings is 1. The molecule has 0 saturated carbocycles. The van der Waals surface area contributed by atoms with Crippen LogP contribution in [0.1, 0.15) is 12.5 Å². The van der Waals surface area contributed by atoms with Gasteiger partial charge in [-0.15, -0.1) is 5.10 Å². The van der Waals surface area contributed by atoms with Crippen molar-refractivity contribution in [2.24, 2.45) is 0 Å². The van der Waals surface area contributed by atoms with Gasteiger partial charge in [0.1, 0.15) is 6.07 Å². The molecule has 8 heteroatoms. The van der Waals surface area contributed by atoms with Gasteiger partial charge in [-0.2, -0.15) is 15.5 Å². The molecule has 3 heterocycles. The van der Waals surface area contributed by atoms with Gasteiger partial charge in [0.05, 0.1) is 31.0 Å². The standard InChI is InChI=1S/C17H23N7O/c1-2-23(17-4-3-5-19-21-17)14-16-13-22(8-9-25-16)6-7-24-12-15(10-18)11-20-24/h3-5,11-12,16H,2,6-9,13-14H2,1H3/t16-/m0/s1. The van der Waals surface area contributed by atoms with Gasteiger partial charge in [0.25, 0.3) is 0 Å². The molecule has 0 N–H and O–H groups in total. The van der Waals surface area contributed by atoms with Crippen molar-refractivity contribution in [3.8, 4) is 6.07 Å². The molecule has 8 nitrogen and oxygen atoms in total. The number of hydrogen-bond acceptors (Lipinski definition) is 7. The van der Waals surface area contributed by atoms with Crippen LogP contribution in [-0.2, 0) is 11.3 Å². The van der Waals surface area contributed by atoms with Crippen LogP contribution in [0.3, 0.4) is 0 Å². The van der Waals surface area contributed by atoms with Gasteiger partial charge < -0.3 is 9.64 Å². The van der Waals surface area contributed by atoms with E-state index in [9.17, 15) is 0 Å². The van der Waals surface area contributed by atoms with E-state index >= 15 is 0 Å². The number of nitriles is 1. The maximum Gasteiger partial charge on any atom is 0.151 e. The molecule has 0 spiro atoms. The molecule has 1 atom stereocenters. The van der Waals surface area contributed by atoms with E-state index in [0.29, 0.717) is 5.56 Å². The summed E-state index contributed by atoms with van der Waals surface area (Å²) in [4.78, 5) is 4.57. The van der Waals surface area contributed by atoms with Gasteiger partial charge in [0.15, 0.2) is 5.82 Å². The Labute approximate surface area is 147 Å². The quantitative estimate of drug-likeness (QED) is 0.735. The first kappa shape index (κ1) is 17.3. The highest BCUT2D eigenvalue weighted by molar-refractivity contribution is 5.36. The Morgan fingerprint density at radius 2 is 2.36 bits per heavy atom. The molecule has 2 aromatic rings. The van der Waals surface area contributed by atoms with Gasteiger partial charge in [-0.25, -0.2) is 0 Å². The maximum absolute atomic E-state index is 8.86. The highest BCUT2D eigenvalue weighted by atomic mass is 16.5. The Bertz CT molecular complexity index is 697. The Kier molecular flexibility index (Phi) is 5.93. The SMILES string of the molecule is CCN(C[C@@H]1CN(CCn2cc(C#N)cn2)CCO1)c1cccnn1. The number of likely N-dealkylation sites (N-methyl/N-ethyl adjacent to an activating group) is 1. The number of nitrogens with zero attached hydrogens (tertiary/aromatic N) is 7. The summed E-state index contributed by atoms with van der Waals surface area (Å²) in [5.74, 6) is 0.881. The van der Waals surface area contributed by atoms with Gasteiger partial charge in [0, 0.05) is 45.1 Å². The first-order valence-corrected chi connectivity index (χ1v) is 8.57. The van der Waals surface area contributed by atoms with Crippen LogP contribution in [0.5, 0.6) is 0 Å². The van der Waals surface area contributed by atoms with Crippen LogP contribution in [0.15, 0.2) is 30.7 Å². The van der Waals surface area contributed by atoms with Gasteiger partial charge in [-0.3, -0.25) is 9.58 Å². The van der Waals surface area contributed by atoms with Gasteiger partial charge >= 0.3 is 0 Å². The Balaban J connectivity index is 1.51. The maximum atomic E-state index is 8.86. The van der Waals surface area contributed by atoms with Crippen molar-refractivity contribution < 1.29 is 4.74 Å². The number of hydrogen-bond donors (Lipinski definition) is 0. The number of aromatic nitrogens is 4. The predicted molar refractivity (Wildman–Crippen MR) is 93.0 cm³/mol. The highest BCUT2D eigenvalue weighted by Crippen LogP contribution is 2.13. The largest absolute Gasteiger partial charge is 0.374 e. The number of anilines is 1. The van der Waals surface area contributed by atoms with Crippen LogP contribution in [0, 0.1) is 11.3 Å². The van der Waals surface area contributed by atoms with Crippen molar-refractivity contribution in [1.82, 2.24) is 24.9 Å². The van der Waals surface area contributed by atoms with E-state index in [0.717, 1.165) is 51.7 Å². The summed E-state index contributed by atoms with van der Waals surface area (Å²) >= 11 is 0. The minimum atomic E-state index is 0.142. The zero-order valence-electron chi connectivity index (χ0n) is 14.5. The van der Waals surface area contributed by atoms with E-state index in [-0.39, 0.29) is 6.10 Å². The molecule has 0 aliphatic carbocycles. The van der Waals surface area contributed by atoms with Crippen molar-refractivity contribution >= 4 is 5.82 Å². The molecule has 0 bridgehead atoms. The minimum Gasteiger partial charge on any atom is -0.374 e. The molecular weight excluding hydrogens is 318 g/mol. The third kappa shape index (κ3) is 4.75. The zero-order valence-corrected chi connectivity index (χ0v) is 14.5. The summed E-state index contributed by atoms with van der Waals surface area (Å²) < 4.78 is 7.76. The van der Waals surface area contributed by atoms with E-state index in [1.54, 1.807) is 18.6 Å². The Hall–Kier alpha value is -2.50. The molecule has 1 aliphatic rings. The summed E-state index contributed by atoms with van der Waals surface area (Å²) in [6.07, 6.45) is 5.21. The second kappa shape index (κ2) is 8.55. The lowest BCUT2D eigenvalue weighted by molar-refractivity contribution is -0.0250. The van der Waals surface area contributed by atoms with Crippen molar-refractivity contribution in [2.45, 2.75) is 19.6 Å². The molecule has 0 unspecified atom stereocenters. The number of rotatable bonds is 7. The molecule has 0 radical (unpaired) electrons. The molecule has 0 aromatic carbocycles. The summed E-state index contributed by atoms with van der Waals surface area (Å²) in [6.45, 7) is 7.96. The predicted octanol–water partition coefficient (Wildman–Crippen LogP) is 0.772. The van der Waals surface area contributed by atoms with E-state index in [4.69, 9.17) is 10.00 Å². The normalized spacial score (nSPS) is 18.0. The van der Waals surface area contributed by atoms with E-state index in [1.165, 1.54) is 0 Å². The van der Waals surface area contributed by atoms with Crippen molar-refractivity contribution in [3.63, 3.8) is 0 Å². The fourth-order valence-electron chi connectivity index (χ4n) is 2.97. The topological polar surface area (TPSA) is 83.1 Å². The van der Waals surface area contributed by atoms with Crippen LogP contribution in [0.4, 0.5) is 5.82 Å². The monoisotopic (exact) mass is 341 g/mol. The molecule has 25 heavy (non-hydrogen) atoms. The average molecular weight is 341 g/mol. The third-order valence-corrected chi connectivity index (χ3v) is 4.32. The summed E-state index contributed by atoms with van der Waals surface area (Å²) in [6, 6.07) is 5.98. The molecule has 1 saturated heterocycles. The second-order valence-electron chi connectivity index (χ2n) is 6.02. The first-order chi connectivity index (χ1) is 12.3. The van der Waals surface area contributed by atoms with Crippen LogP contribution in [0.2, 0.25) is 0 Å².